The zero-order valence-electron chi connectivity index (χ0n) is 19.7. The minimum atomic E-state index is -0.435. The van der Waals surface area contributed by atoms with Gasteiger partial charge in [-0.15, -0.1) is 11.3 Å². The Morgan fingerprint density at radius 3 is 2.26 bits per heavy atom. The summed E-state index contributed by atoms with van der Waals surface area (Å²) in [5.41, 5.74) is 4.28. The molecule has 1 aliphatic heterocycles. The minimum absolute atomic E-state index is 0.0823. The Bertz CT molecular complexity index is 1120. The molecule has 1 fully saturated rings. The van der Waals surface area contributed by atoms with Crippen LogP contribution in [-0.4, -0.2) is 55.2 Å². The van der Waals surface area contributed by atoms with Crippen molar-refractivity contribution in [1.82, 2.24) is 4.90 Å². The van der Waals surface area contributed by atoms with Crippen LogP contribution in [0.3, 0.4) is 0 Å². The number of rotatable bonds is 7. The molecule has 0 aliphatic carbocycles. The van der Waals surface area contributed by atoms with Gasteiger partial charge in [0.15, 0.2) is 0 Å². The molecule has 2 aromatic carbocycles. The summed E-state index contributed by atoms with van der Waals surface area (Å²) in [4.78, 5) is 27.8. The number of ether oxygens (including phenoxy) is 2. The van der Waals surface area contributed by atoms with Crippen molar-refractivity contribution in [2.75, 3.05) is 31.6 Å². The highest BCUT2D eigenvalue weighted by Gasteiger charge is 2.26. The lowest BCUT2D eigenvalue weighted by atomic mass is 9.99. The van der Waals surface area contributed by atoms with Gasteiger partial charge in [0, 0.05) is 24.0 Å². The Morgan fingerprint density at radius 2 is 1.62 bits per heavy atom. The molecule has 0 spiro atoms. The van der Waals surface area contributed by atoms with Crippen LogP contribution in [0, 0.1) is 0 Å². The molecule has 2 unspecified atom stereocenters. The van der Waals surface area contributed by atoms with Crippen molar-refractivity contribution in [3.63, 3.8) is 0 Å². The van der Waals surface area contributed by atoms with Crippen molar-refractivity contribution in [3.05, 3.63) is 65.5 Å². The third-order valence-electron chi connectivity index (χ3n) is 5.69. The number of benzene rings is 2. The lowest BCUT2D eigenvalue weighted by molar-refractivity contribution is -0.121. The van der Waals surface area contributed by atoms with Gasteiger partial charge in [0.2, 0.25) is 5.91 Å². The zero-order valence-corrected chi connectivity index (χ0v) is 20.6. The second-order valence-corrected chi connectivity index (χ2v) is 9.40. The Kier molecular flexibility index (Phi) is 7.77. The molecule has 1 saturated heterocycles. The third-order valence-corrected chi connectivity index (χ3v) is 6.58. The van der Waals surface area contributed by atoms with Gasteiger partial charge >= 0.3 is 5.97 Å². The fourth-order valence-corrected chi connectivity index (χ4v) is 5.30. The standard InChI is InChI=1S/C27H30N2O4S/c1-4-32-27(31)25-23(22-12-10-21(11-13-22)20-8-6-5-7-9-20)17-34-26(25)28-24(30)16-29-14-18(2)33-19(3)15-29/h5-13,17-19H,4,14-16H2,1-3H3,(H,28,30). The first kappa shape index (κ1) is 24.1. The van der Waals surface area contributed by atoms with Gasteiger partial charge in [0.05, 0.1) is 25.4 Å². The number of morpholine rings is 1. The SMILES string of the molecule is CCOC(=O)c1c(-c2ccc(-c3ccccc3)cc2)csc1NC(=O)CN1CC(C)OC(C)C1. The molecule has 2 heterocycles. The number of anilines is 1. The van der Waals surface area contributed by atoms with Crippen LogP contribution in [-0.2, 0) is 14.3 Å². The fraction of sp³-hybridized carbons (Fsp3) is 0.333. The van der Waals surface area contributed by atoms with E-state index in [1.807, 2.05) is 61.7 Å². The maximum Gasteiger partial charge on any atom is 0.341 e. The van der Waals surface area contributed by atoms with E-state index in [1.54, 1.807) is 6.92 Å². The van der Waals surface area contributed by atoms with E-state index in [0.717, 1.165) is 22.3 Å². The molecule has 34 heavy (non-hydrogen) atoms. The second-order valence-electron chi connectivity index (χ2n) is 8.52. The van der Waals surface area contributed by atoms with Crippen LogP contribution in [0.25, 0.3) is 22.3 Å². The van der Waals surface area contributed by atoms with Gasteiger partial charge in [0.1, 0.15) is 10.6 Å². The topological polar surface area (TPSA) is 67.9 Å². The van der Waals surface area contributed by atoms with Crippen molar-refractivity contribution >= 4 is 28.2 Å². The van der Waals surface area contributed by atoms with Crippen LogP contribution in [0.2, 0.25) is 0 Å². The molecule has 1 aromatic heterocycles. The maximum atomic E-state index is 12.9. The maximum absolute atomic E-state index is 12.9. The predicted molar refractivity (Wildman–Crippen MR) is 136 cm³/mol. The number of carbonyl (C=O) groups is 2. The highest BCUT2D eigenvalue weighted by molar-refractivity contribution is 7.15. The van der Waals surface area contributed by atoms with Crippen molar-refractivity contribution in [1.29, 1.82) is 0 Å². The summed E-state index contributed by atoms with van der Waals surface area (Å²) in [6, 6.07) is 18.2. The van der Waals surface area contributed by atoms with Gasteiger partial charge in [-0.1, -0.05) is 54.6 Å². The van der Waals surface area contributed by atoms with Crippen molar-refractivity contribution < 1.29 is 19.1 Å². The van der Waals surface area contributed by atoms with Crippen LogP contribution in [0.15, 0.2) is 60.0 Å². The van der Waals surface area contributed by atoms with Crippen LogP contribution in [0.4, 0.5) is 5.00 Å². The summed E-state index contributed by atoms with van der Waals surface area (Å²) in [5.74, 6) is -0.588. The van der Waals surface area contributed by atoms with E-state index < -0.39 is 5.97 Å². The van der Waals surface area contributed by atoms with Gasteiger partial charge in [-0.2, -0.15) is 0 Å². The average molecular weight is 479 g/mol. The Labute approximate surface area is 204 Å². The smallest absolute Gasteiger partial charge is 0.341 e. The molecule has 1 amide bonds. The van der Waals surface area contributed by atoms with Crippen LogP contribution in [0.1, 0.15) is 31.1 Å². The summed E-state index contributed by atoms with van der Waals surface area (Å²) >= 11 is 1.34. The number of amides is 1. The second kappa shape index (κ2) is 11.0. The molecule has 1 aliphatic rings. The summed E-state index contributed by atoms with van der Waals surface area (Å²) in [5, 5.41) is 5.37. The Balaban J connectivity index is 1.55. The molecule has 7 heteroatoms. The zero-order chi connectivity index (χ0) is 24.1. The molecule has 0 saturated carbocycles. The molecule has 4 rings (SSSR count). The quantitative estimate of drug-likeness (QED) is 0.467. The molecule has 3 aromatic rings. The number of thiophene rings is 1. The average Bonchev–Trinajstić information content (AvgIpc) is 3.22. The van der Waals surface area contributed by atoms with E-state index in [9.17, 15) is 9.59 Å². The summed E-state index contributed by atoms with van der Waals surface area (Å²) < 4.78 is 11.1. The molecule has 0 bridgehead atoms. The predicted octanol–water partition coefficient (Wildman–Crippen LogP) is 5.31. The first-order valence-corrected chi connectivity index (χ1v) is 12.4. The Morgan fingerprint density at radius 1 is 1.00 bits per heavy atom. The van der Waals surface area contributed by atoms with Crippen LogP contribution < -0.4 is 5.32 Å². The monoisotopic (exact) mass is 478 g/mol. The first-order valence-electron chi connectivity index (χ1n) is 11.6. The number of hydrogen-bond acceptors (Lipinski definition) is 6. The van der Waals surface area contributed by atoms with E-state index in [-0.39, 0.29) is 31.3 Å². The lowest BCUT2D eigenvalue weighted by Crippen LogP contribution is -2.48. The van der Waals surface area contributed by atoms with Crippen LogP contribution >= 0.6 is 11.3 Å². The van der Waals surface area contributed by atoms with Crippen molar-refractivity contribution in [2.45, 2.75) is 33.0 Å². The first-order chi connectivity index (χ1) is 16.4. The molecule has 6 nitrogen and oxygen atoms in total. The van der Waals surface area contributed by atoms with E-state index in [4.69, 9.17) is 9.47 Å². The van der Waals surface area contributed by atoms with Crippen molar-refractivity contribution in [2.24, 2.45) is 0 Å². The molecule has 178 valence electrons. The van der Waals surface area contributed by atoms with Gasteiger partial charge in [-0.25, -0.2) is 4.79 Å². The van der Waals surface area contributed by atoms with E-state index in [2.05, 4.69) is 22.3 Å². The lowest BCUT2D eigenvalue weighted by Gasteiger charge is -2.34. The summed E-state index contributed by atoms with van der Waals surface area (Å²) in [6.45, 7) is 7.70. The third kappa shape index (κ3) is 5.73. The minimum Gasteiger partial charge on any atom is -0.462 e. The molecular formula is C27H30N2O4S. The molecule has 2 atom stereocenters. The molecule has 0 radical (unpaired) electrons. The highest BCUT2D eigenvalue weighted by atomic mass is 32.1. The largest absolute Gasteiger partial charge is 0.462 e. The summed E-state index contributed by atoms with van der Waals surface area (Å²) in [6.07, 6.45) is 0.165. The fourth-order valence-electron chi connectivity index (χ4n) is 4.32. The summed E-state index contributed by atoms with van der Waals surface area (Å²) in [7, 11) is 0. The number of hydrogen-bond donors (Lipinski definition) is 1. The van der Waals surface area contributed by atoms with E-state index in [0.29, 0.717) is 23.7 Å². The number of nitrogens with zero attached hydrogens (tertiary/aromatic N) is 1. The van der Waals surface area contributed by atoms with Crippen molar-refractivity contribution in [3.8, 4) is 22.3 Å². The van der Waals surface area contributed by atoms with Gasteiger partial charge < -0.3 is 14.8 Å². The van der Waals surface area contributed by atoms with Crippen LogP contribution in [0.5, 0.6) is 0 Å². The molecule has 1 N–H and O–H groups in total. The highest BCUT2D eigenvalue weighted by Crippen LogP contribution is 2.37. The van der Waals surface area contributed by atoms with E-state index in [1.165, 1.54) is 11.3 Å². The number of carbonyl (C=O) groups excluding carboxylic acids is 2. The van der Waals surface area contributed by atoms with E-state index >= 15 is 0 Å². The normalized spacial score (nSPS) is 18.4. The van der Waals surface area contributed by atoms with Gasteiger partial charge in [-0.3, -0.25) is 9.69 Å². The number of nitrogens with one attached hydrogen (secondary N) is 1. The van der Waals surface area contributed by atoms with Gasteiger partial charge in [-0.05, 0) is 37.5 Å². The Hall–Kier alpha value is -3.00. The molecular weight excluding hydrogens is 448 g/mol. The number of esters is 1. The van der Waals surface area contributed by atoms with Gasteiger partial charge in [0.25, 0.3) is 0 Å².